The Morgan fingerprint density at radius 3 is 2.62 bits per heavy atom. The van der Waals surface area contributed by atoms with Crippen LogP contribution < -0.4 is 20.3 Å². The van der Waals surface area contributed by atoms with Crippen LogP contribution in [0.25, 0.3) is 0 Å². The molecule has 6 nitrogen and oxygen atoms in total. The molecule has 1 N–H and O–H groups in total. The van der Waals surface area contributed by atoms with E-state index >= 15 is 0 Å². The van der Waals surface area contributed by atoms with Crippen molar-refractivity contribution in [3.05, 3.63) is 75.5 Å². The number of aromatic nitrogens is 2. The van der Waals surface area contributed by atoms with Crippen LogP contribution in [0.3, 0.4) is 0 Å². The normalized spacial score (nSPS) is 15.1. The second kappa shape index (κ2) is 7.58. The second-order valence-electron chi connectivity index (χ2n) is 6.98. The third-order valence-electron chi connectivity index (χ3n) is 5.28. The summed E-state index contributed by atoms with van der Waals surface area (Å²) >= 11 is 0. The number of rotatable bonds is 5. The quantitative estimate of drug-likeness (QED) is 0.708. The lowest BCUT2D eigenvalue weighted by molar-refractivity contribution is 0.386. The highest BCUT2D eigenvalue weighted by Crippen LogP contribution is 2.38. The van der Waals surface area contributed by atoms with Gasteiger partial charge in [0, 0.05) is 11.8 Å². The van der Waals surface area contributed by atoms with Crippen LogP contribution >= 0.6 is 0 Å². The van der Waals surface area contributed by atoms with Crippen molar-refractivity contribution in [3.8, 4) is 11.5 Å². The summed E-state index contributed by atoms with van der Waals surface area (Å²) in [5.41, 5.74) is 2.79. The molecule has 1 aliphatic heterocycles. The lowest BCUT2D eigenvalue weighted by atomic mass is 10.1. The minimum Gasteiger partial charge on any atom is -0.494 e. The maximum Gasteiger partial charge on any atom is 0.317 e. The fourth-order valence-electron chi connectivity index (χ4n) is 3.88. The molecule has 0 spiro atoms. The molecule has 0 bridgehead atoms. The molecule has 2 aromatic carbocycles. The summed E-state index contributed by atoms with van der Waals surface area (Å²) in [6, 6.07) is 13.0. The van der Waals surface area contributed by atoms with Crippen molar-refractivity contribution in [2.24, 2.45) is 0 Å². The van der Waals surface area contributed by atoms with Gasteiger partial charge in [0.1, 0.15) is 0 Å². The Morgan fingerprint density at radius 2 is 1.93 bits per heavy atom. The molecule has 7 heteroatoms. The number of hydrogen-bond donors (Lipinski definition) is 1. The van der Waals surface area contributed by atoms with Crippen molar-refractivity contribution < 1.29 is 13.9 Å². The van der Waals surface area contributed by atoms with Crippen molar-refractivity contribution in [2.45, 2.75) is 25.8 Å². The van der Waals surface area contributed by atoms with Gasteiger partial charge in [-0.15, -0.1) is 0 Å². The van der Waals surface area contributed by atoms with E-state index in [0.29, 0.717) is 23.6 Å². The van der Waals surface area contributed by atoms with Crippen LogP contribution in [-0.2, 0) is 6.42 Å². The largest absolute Gasteiger partial charge is 0.494 e. The zero-order valence-electron chi connectivity index (χ0n) is 16.5. The molecule has 1 aliphatic rings. The van der Waals surface area contributed by atoms with E-state index in [0.717, 1.165) is 17.7 Å². The van der Waals surface area contributed by atoms with Crippen LogP contribution in [-0.4, -0.2) is 23.8 Å². The van der Waals surface area contributed by atoms with E-state index in [-0.39, 0.29) is 17.5 Å². The fourth-order valence-corrected chi connectivity index (χ4v) is 3.88. The van der Waals surface area contributed by atoms with Crippen LogP contribution in [0.4, 0.5) is 16.0 Å². The van der Waals surface area contributed by atoms with Gasteiger partial charge in [-0.05, 0) is 37.0 Å². The molecule has 0 fully saturated rings. The second-order valence-corrected chi connectivity index (χ2v) is 6.98. The molecule has 0 radical (unpaired) electrons. The van der Waals surface area contributed by atoms with E-state index in [1.807, 2.05) is 22.8 Å². The Balaban J connectivity index is 1.86. The Morgan fingerprint density at radius 1 is 1.17 bits per heavy atom. The Bertz CT molecular complexity index is 1110. The first-order valence-electron chi connectivity index (χ1n) is 9.39. The topological polar surface area (TPSA) is 65.4 Å². The van der Waals surface area contributed by atoms with Crippen molar-refractivity contribution in [1.82, 2.24) is 9.55 Å². The average Bonchev–Trinajstić information content (AvgIpc) is 3.16. The first-order chi connectivity index (χ1) is 14.0. The summed E-state index contributed by atoms with van der Waals surface area (Å²) in [6.45, 7) is 1.78. The van der Waals surface area contributed by atoms with E-state index < -0.39 is 11.4 Å². The number of hydrogen-bond acceptors (Lipinski definition) is 5. The van der Waals surface area contributed by atoms with Gasteiger partial charge in [-0.3, -0.25) is 4.79 Å². The number of anilines is 2. The summed E-state index contributed by atoms with van der Waals surface area (Å²) in [5.74, 6) is 0.342. The molecule has 3 aromatic rings. The maximum atomic E-state index is 14.0. The van der Waals surface area contributed by atoms with Gasteiger partial charge in [0.25, 0.3) is 0 Å². The van der Waals surface area contributed by atoms with Gasteiger partial charge in [-0.2, -0.15) is 4.98 Å². The minimum atomic E-state index is -0.442. The molecule has 0 aliphatic carbocycles. The number of benzene rings is 2. The maximum absolute atomic E-state index is 14.0. The Hall–Kier alpha value is -3.35. The third-order valence-corrected chi connectivity index (χ3v) is 5.28. The first kappa shape index (κ1) is 19.0. The van der Waals surface area contributed by atoms with Gasteiger partial charge in [-0.25, -0.2) is 4.39 Å². The smallest absolute Gasteiger partial charge is 0.317 e. The minimum absolute atomic E-state index is 0.0124. The van der Waals surface area contributed by atoms with Crippen molar-refractivity contribution in [1.29, 1.82) is 0 Å². The molecule has 0 saturated carbocycles. The van der Waals surface area contributed by atoms with Crippen molar-refractivity contribution >= 4 is 11.6 Å². The molecule has 150 valence electrons. The van der Waals surface area contributed by atoms with E-state index in [4.69, 9.17) is 9.47 Å². The predicted molar refractivity (Wildman–Crippen MR) is 109 cm³/mol. The molecule has 29 heavy (non-hydrogen) atoms. The molecule has 2 heterocycles. The SMILES string of the molecule is COc1cc(Nc2nc(=O)c(OC)c3n2C(c2ccccc2)CC3)c(C)cc1F. The van der Waals surface area contributed by atoms with Crippen LogP contribution in [0, 0.1) is 12.7 Å². The zero-order valence-corrected chi connectivity index (χ0v) is 16.5. The predicted octanol–water partition coefficient (Wildman–Crippen LogP) is 3.99. The van der Waals surface area contributed by atoms with Crippen LogP contribution in [0.5, 0.6) is 11.5 Å². The summed E-state index contributed by atoms with van der Waals surface area (Å²) in [6.07, 6.45) is 1.52. The lowest BCUT2D eigenvalue weighted by Gasteiger charge is -2.22. The van der Waals surface area contributed by atoms with E-state index in [1.54, 1.807) is 13.0 Å². The number of halogens is 1. The molecule has 4 rings (SSSR count). The average molecular weight is 395 g/mol. The van der Waals surface area contributed by atoms with E-state index in [1.165, 1.54) is 20.3 Å². The van der Waals surface area contributed by atoms with Gasteiger partial charge in [0.15, 0.2) is 11.6 Å². The number of fused-ring (bicyclic) bond motifs is 1. The summed E-state index contributed by atoms with van der Waals surface area (Å²) < 4.78 is 26.5. The molecule has 0 amide bonds. The number of nitrogens with one attached hydrogen (secondary N) is 1. The summed E-state index contributed by atoms with van der Waals surface area (Å²) in [7, 11) is 2.90. The molecule has 1 aromatic heterocycles. The highest BCUT2D eigenvalue weighted by atomic mass is 19.1. The van der Waals surface area contributed by atoms with Gasteiger partial charge in [-0.1, -0.05) is 30.3 Å². The zero-order chi connectivity index (χ0) is 20.5. The monoisotopic (exact) mass is 395 g/mol. The molecular formula is C22H22FN3O3. The van der Waals surface area contributed by atoms with E-state index in [2.05, 4.69) is 22.4 Å². The highest BCUT2D eigenvalue weighted by Gasteiger charge is 2.30. The van der Waals surface area contributed by atoms with Gasteiger partial charge in [0.05, 0.1) is 26.0 Å². The number of aryl methyl sites for hydroxylation is 1. The van der Waals surface area contributed by atoms with Gasteiger partial charge < -0.3 is 19.4 Å². The molecule has 1 unspecified atom stereocenters. The van der Waals surface area contributed by atoms with Gasteiger partial charge in [0.2, 0.25) is 11.7 Å². The van der Waals surface area contributed by atoms with Crippen LogP contribution in [0.2, 0.25) is 0 Å². The lowest BCUT2D eigenvalue weighted by Crippen LogP contribution is -2.22. The first-order valence-corrected chi connectivity index (χ1v) is 9.39. The Labute approximate surface area is 167 Å². The Kier molecular flexibility index (Phi) is 4.96. The molecule has 0 saturated heterocycles. The van der Waals surface area contributed by atoms with Gasteiger partial charge >= 0.3 is 5.56 Å². The van der Waals surface area contributed by atoms with Crippen LogP contribution in [0.1, 0.15) is 29.3 Å². The van der Waals surface area contributed by atoms with Crippen molar-refractivity contribution in [3.63, 3.8) is 0 Å². The standard InChI is InChI=1S/C22H22FN3O3/c1-13-11-15(23)19(28-2)12-16(13)24-22-25-21(27)20(29-3)18-10-9-17(26(18)22)14-7-5-4-6-8-14/h4-8,11-12,17H,9-10H2,1-3H3,(H,24,25,27). The van der Waals surface area contributed by atoms with Crippen LogP contribution in [0.15, 0.2) is 47.3 Å². The molecular weight excluding hydrogens is 373 g/mol. The summed E-state index contributed by atoms with van der Waals surface area (Å²) in [4.78, 5) is 16.8. The van der Waals surface area contributed by atoms with E-state index in [9.17, 15) is 9.18 Å². The molecule has 1 atom stereocenters. The van der Waals surface area contributed by atoms with Crippen molar-refractivity contribution in [2.75, 3.05) is 19.5 Å². The number of ether oxygens (including phenoxy) is 2. The fraction of sp³-hybridized carbons (Fsp3) is 0.273. The third kappa shape index (κ3) is 3.33. The summed E-state index contributed by atoms with van der Waals surface area (Å²) in [5, 5.41) is 3.22. The highest BCUT2D eigenvalue weighted by molar-refractivity contribution is 5.62. The number of methoxy groups -OCH3 is 2. The number of nitrogens with zero attached hydrogens (tertiary/aromatic N) is 2.